The molecular formula is C23H23ClN4O2. The van der Waals surface area contributed by atoms with Crippen molar-refractivity contribution in [2.24, 2.45) is 17.1 Å². The number of fused-ring (bicyclic) bond motifs is 1. The van der Waals surface area contributed by atoms with Crippen molar-refractivity contribution in [1.82, 2.24) is 0 Å². The van der Waals surface area contributed by atoms with E-state index in [1.165, 1.54) is 0 Å². The summed E-state index contributed by atoms with van der Waals surface area (Å²) in [6.45, 7) is 4.59. The molecule has 0 bridgehead atoms. The molecule has 0 radical (unpaired) electrons. The summed E-state index contributed by atoms with van der Waals surface area (Å²) in [5.41, 5.74) is 6.25. The Morgan fingerprint density at radius 1 is 1.13 bits per heavy atom. The molecule has 0 aromatic heterocycles. The molecule has 0 saturated heterocycles. The summed E-state index contributed by atoms with van der Waals surface area (Å²) < 4.78 is 11.4. The molecule has 2 atom stereocenters. The lowest BCUT2D eigenvalue weighted by Crippen LogP contribution is -2.42. The lowest BCUT2D eigenvalue weighted by atomic mass is 9.56. The van der Waals surface area contributed by atoms with Gasteiger partial charge in [-0.1, -0.05) is 17.7 Å². The molecule has 1 aromatic carbocycles. The van der Waals surface area contributed by atoms with E-state index >= 15 is 0 Å². The number of rotatable bonds is 5. The van der Waals surface area contributed by atoms with Gasteiger partial charge >= 0.3 is 0 Å². The molecule has 2 N–H and O–H groups in total. The van der Waals surface area contributed by atoms with Gasteiger partial charge < -0.3 is 15.2 Å². The minimum Gasteiger partial charge on any atom is -0.490 e. The molecule has 0 saturated carbocycles. The fraction of sp³-hybridized carbons (Fsp3) is 0.435. The molecule has 3 rings (SSSR count). The summed E-state index contributed by atoms with van der Waals surface area (Å²) in [7, 11) is 0. The lowest BCUT2D eigenvalue weighted by Gasteiger charge is -2.43. The summed E-state index contributed by atoms with van der Waals surface area (Å²) in [5.74, 6) is 0.158. The first-order chi connectivity index (χ1) is 14.5. The van der Waals surface area contributed by atoms with Gasteiger partial charge in [-0.2, -0.15) is 15.8 Å². The number of hydrogen-bond acceptors (Lipinski definition) is 6. The molecule has 2 unspecified atom stereocenters. The van der Waals surface area contributed by atoms with Crippen LogP contribution >= 0.6 is 11.6 Å². The van der Waals surface area contributed by atoms with Gasteiger partial charge in [0.25, 0.3) is 0 Å². The van der Waals surface area contributed by atoms with Crippen molar-refractivity contribution < 1.29 is 9.47 Å². The van der Waals surface area contributed by atoms with Crippen LogP contribution in [0.25, 0.3) is 0 Å². The van der Waals surface area contributed by atoms with Crippen LogP contribution in [-0.4, -0.2) is 13.2 Å². The molecule has 7 heteroatoms. The third-order valence-electron chi connectivity index (χ3n) is 5.80. The Morgan fingerprint density at radius 3 is 2.33 bits per heavy atom. The van der Waals surface area contributed by atoms with Crippen LogP contribution in [0.15, 0.2) is 35.1 Å². The first kappa shape index (κ1) is 21.6. The van der Waals surface area contributed by atoms with Crippen molar-refractivity contribution >= 4 is 11.6 Å². The van der Waals surface area contributed by atoms with Crippen LogP contribution < -0.4 is 15.2 Å². The Kier molecular flexibility index (Phi) is 6.25. The Hall–Kier alpha value is -3.14. The van der Waals surface area contributed by atoms with Crippen molar-refractivity contribution in [3.8, 4) is 29.7 Å². The van der Waals surface area contributed by atoms with Gasteiger partial charge in [0.2, 0.25) is 0 Å². The number of benzene rings is 1. The Bertz CT molecular complexity index is 1020. The minimum absolute atomic E-state index is 0.00712. The van der Waals surface area contributed by atoms with Crippen LogP contribution in [-0.2, 0) is 0 Å². The van der Waals surface area contributed by atoms with Crippen molar-refractivity contribution in [3.05, 3.63) is 45.6 Å². The summed E-state index contributed by atoms with van der Waals surface area (Å²) in [6, 6.07) is 9.80. The van der Waals surface area contributed by atoms with E-state index in [4.69, 9.17) is 26.8 Å². The molecule has 0 heterocycles. The largest absolute Gasteiger partial charge is 0.490 e. The number of nitriles is 3. The lowest BCUT2D eigenvalue weighted by molar-refractivity contribution is 0.284. The molecule has 0 amide bonds. The summed E-state index contributed by atoms with van der Waals surface area (Å²) in [5, 5.41) is 30.4. The van der Waals surface area contributed by atoms with E-state index in [1.807, 2.05) is 19.9 Å². The van der Waals surface area contributed by atoms with Gasteiger partial charge in [-0.15, -0.1) is 0 Å². The molecule has 0 fully saturated rings. The van der Waals surface area contributed by atoms with E-state index in [2.05, 4.69) is 18.2 Å². The smallest absolute Gasteiger partial charge is 0.191 e. The molecular weight excluding hydrogens is 400 g/mol. The molecule has 2 aliphatic carbocycles. The molecule has 0 spiro atoms. The van der Waals surface area contributed by atoms with Crippen LogP contribution in [0.4, 0.5) is 0 Å². The van der Waals surface area contributed by atoms with Crippen LogP contribution in [0.5, 0.6) is 11.5 Å². The highest BCUT2D eigenvalue weighted by molar-refractivity contribution is 6.31. The van der Waals surface area contributed by atoms with Crippen LogP contribution in [0.3, 0.4) is 0 Å². The Morgan fingerprint density at radius 2 is 1.77 bits per heavy atom. The molecule has 0 aliphatic heterocycles. The average Bonchev–Trinajstić information content (AvgIpc) is 2.75. The second-order valence-electron chi connectivity index (χ2n) is 7.29. The molecule has 154 valence electrons. The predicted molar refractivity (Wildman–Crippen MR) is 112 cm³/mol. The minimum atomic E-state index is -1.70. The van der Waals surface area contributed by atoms with Gasteiger partial charge in [0.1, 0.15) is 6.07 Å². The number of hydrogen-bond donors (Lipinski definition) is 1. The van der Waals surface area contributed by atoms with E-state index < -0.39 is 11.3 Å². The first-order valence-electron chi connectivity index (χ1n) is 10.0. The summed E-state index contributed by atoms with van der Waals surface area (Å²) in [6.07, 6.45) is 4.44. The normalized spacial score (nSPS) is 22.1. The fourth-order valence-electron chi connectivity index (χ4n) is 4.54. The predicted octanol–water partition coefficient (Wildman–Crippen LogP) is 4.73. The molecule has 6 nitrogen and oxygen atoms in total. The second-order valence-corrected chi connectivity index (χ2v) is 7.70. The standard InChI is InChI=1S/C23H23ClN4O2/c1-3-29-19-9-16(18(24)10-20(19)30-4-2)21-15-8-6-5-7-14(15)17(11-25)22(28)23(21,12-26)13-27/h7,9-10,15,21H,3-6,8,28H2,1-2H3. The molecule has 2 aliphatic rings. The highest BCUT2D eigenvalue weighted by Gasteiger charge is 2.54. The van der Waals surface area contributed by atoms with Gasteiger partial charge in [-0.05, 0) is 56.2 Å². The van der Waals surface area contributed by atoms with E-state index in [0.717, 1.165) is 24.8 Å². The van der Waals surface area contributed by atoms with Crippen molar-refractivity contribution in [3.63, 3.8) is 0 Å². The zero-order valence-electron chi connectivity index (χ0n) is 17.0. The fourth-order valence-corrected chi connectivity index (χ4v) is 4.81. The number of nitrogens with two attached hydrogens (primary N) is 1. The van der Waals surface area contributed by atoms with Crippen LogP contribution in [0.2, 0.25) is 5.02 Å². The van der Waals surface area contributed by atoms with Crippen LogP contribution in [0, 0.1) is 45.3 Å². The van der Waals surface area contributed by atoms with E-state index in [-0.39, 0.29) is 17.2 Å². The van der Waals surface area contributed by atoms with Crippen molar-refractivity contribution in [2.75, 3.05) is 13.2 Å². The third kappa shape index (κ3) is 3.26. The van der Waals surface area contributed by atoms with Crippen molar-refractivity contribution in [2.45, 2.75) is 39.0 Å². The first-order valence-corrected chi connectivity index (χ1v) is 10.4. The maximum atomic E-state index is 10.1. The molecule has 1 aromatic rings. The number of ether oxygens (including phenoxy) is 2. The zero-order chi connectivity index (χ0) is 21.9. The van der Waals surface area contributed by atoms with Crippen LogP contribution in [0.1, 0.15) is 44.6 Å². The SMILES string of the molecule is CCOc1cc(Cl)c(C2C3CCCC=C3C(C#N)=C(N)C2(C#N)C#N)cc1OCC. The highest BCUT2D eigenvalue weighted by atomic mass is 35.5. The average molecular weight is 423 g/mol. The molecule has 30 heavy (non-hydrogen) atoms. The number of halogens is 1. The van der Waals surface area contributed by atoms with Crippen molar-refractivity contribution in [1.29, 1.82) is 15.8 Å². The maximum absolute atomic E-state index is 10.1. The van der Waals surface area contributed by atoms with Gasteiger partial charge in [-0.25, -0.2) is 0 Å². The zero-order valence-corrected chi connectivity index (χ0v) is 17.8. The number of allylic oxidation sites excluding steroid dienone is 4. The van der Waals surface area contributed by atoms with E-state index in [1.54, 1.807) is 12.1 Å². The maximum Gasteiger partial charge on any atom is 0.191 e. The highest BCUT2D eigenvalue weighted by Crippen LogP contribution is 2.57. The Balaban J connectivity index is 2.32. The second kappa shape index (κ2) is 8.70. The van der Waals surface area contributed by atoms with Gasteiger partial charge in [-0.3, -0.25) is 0 Å². The summed E-state index contributed by atoms with van der Waals surface area (Å²) in [4.78, 5) is 0. The van der Waals surface area contributed by atoms with E-state index in [0.29, 0.717) is 35.3 Å². The van der Waals surface area contributed by atoms with Gasteiger partial charge in [0, 0.05) is 17.0 Å². The summed E-state index contributed by atoms with van der Waals surface area (Å²) >= 11 is 6.67. The quantitative estimate of drug-likeness (QED) is 0.733. The Labute approximate surface area is 181 Å². The van der Waals surface area contributed by atoms with Gasteiger partial charge in [0.05, 0.1) is 36.6 Å². The van der Waals surface area contributed by atoms with Gasteiger partial charge in [0.15, 0.2) is 16.9 Å². The van der Waals surface area contributed by atoms with E-state index in [9.17, 15) is 15.8 Å². The monoisotopic (exact) mass is 422 g/mol. The topological polar surface area (TPSA) is 116 Å². The number of nitrogens with zero attached hydrogens (tertiary/aromatic N) is 3. The third-order valence-corrected chi connectivity index (χ3v) is 6.12.